The molecule has 6 nitrogen and oxygen atoms in total. The quantitative estimate of drug-likeness (QED) is 0.118. The van der Waals surface area contributed by atoms with Crippen LogP contribution in [0.3, 0.4) is 0 Å². The van der Waals surface area contributed by atoms with Crippen molar-refractivity contribution in [2.45, 2.75) is 6.54 Å². The number of benzene rings is 6. The van der Waals surface area contributed by atoms with Crippen LogP contribution in [0, 0.1) is 16.7 Å². The largest absolute Gasteiger partial charge is 0.454 e. The van der Waals surface area contributed by atoms with Gasteiger partial charge in [-0.2, -0.15) is 10.4 Å². The molecule has 0 fully saturated rings. The second-order valence-corrected chi connectivity index (χ2v) is 11.2. The molecular weight excluding hydrogens is 566 g/mol. The van der Waals surface area contributed by atoms with E-state index in [1.54, 1.807) is 35.5 Å². The van der Waals surface area contributed by atoms with Crippen LogP contribution in [0.2, 0.25) is 0 Å². The zero-order chi connectivity index (χ0) is 31.0. The van der Waals surface area contributed by atoms with E-state index in [9.17, 15) is 5.26 Å². The van der Waals surface area contributed by atoms with Crippen molar-refractivity contribution < 1.29 is 4.42 Å². The summed E-state index contributed by atoms with van der Waals surface area (Å²) in [6, 6.07) is 48.4. The van der Waals surface area contributed by atoms with Crippen LogP contribution >= 0.6 is 0 Å². The number of hydrogen-bond donors (Lipinski definition) is 1. The Balaban J connectivity index is 1.20. The number of nitrogens with zero attached hydrogens (tertiary/aromatic N) is 4. The van der Waals surface area contributed by atoms with Crippen molar-refractivity contribution in [2.24, 2.45) is 5.10 Å². The predicted molar refractivity (Wildman–Crippen MR) is 186 cm³/mol. The summed E-state index contributed by atoms with van der Waals surface area (Å²) in [5.74, 6) is 0.246. The summed E-state index contributed by atoms with van der Waals surface area (Å²) in [7, 11) is 0. The van der Waals surface area contributed by atoms with Gasteiger partial charge >= 0.3 is 0 Å². The first-order valence-electron chi connectivity index (χ1n) is 15.1. The van der Waals surface area contributed by atoms with Crippen molar-refractivity contribution in [3.05, 3.63) is 162 Å². The monoisotopic (exact) mass is 593 g/mol. The number of amidine groups is 1. The predicted octanol–water partition coefficient (Wildman–Crippen LogP) is 9.42. The minimum atomic E-state index is 0.246. The van der Waals surface area contributed by atoms with E-state index in [1.807, 2.05) is 48.5 Å². The van der Waals surface area contributed by atoms with Crippen LogP contribution in [0.25, 0.3) is 49.4 Å². The van der Waals surface area contributed by atoms with Crippen molar-refractivity contribution in [3.63, 3.8) is 0 Å². The third-order valence-electron chi connectivity index (χ3n) is 8.40. The molecule has 0 atom stereocenters. The first-order valence-corrected chi connectivity index (χ1v) is 15.1. The van der Waals surface area contributed by atoms with E-state index in [0.29, 0.717) is 17.7 Å². The van der Waals surface area contributed by atoms with Crippen LogP contribution < -0.4 is 0 Å². The second kappa shape index (κ2) is 11.2. The van der Waals surface area contributed by atoms with Gasteiger partial charge in [-0.25, -0.2) is 5.01 Å². The van der Waals surface area contributed by atoms with Gasteiger partial charge in [0.05, 0.1) is 35.4 Å². The van der Waals surface area contributed by atoms with Gasteiger partial charge in [0.15, 0.2) is 5.58 Å². The number of para-hydroxylation sites is 2. The van der Waals surface area contributed by atoms with Crippen LogP contribution in [0.15, 0.2) is 149 Å². The summed E-state index contributed by atoms with van der Waals surface area (Å²) in [5.41, 5.74) is 8.09. The molecule has 6 aromatic carbocycles. The van der Waals surface area contributed by atoms with E-state index in [-0.39, 0.29) is 5.84 Å². The van der Waals surface area contributed by atoms with Crippen molar-refractivity contribution in [3.8, 4) is 11.8 Å². The minimum Gasteiger partial charge on any atom is -0.454 e. The highest BCUT2D eigenvalue weighted by atomic mass is 16.3. The highest BCUT2D eigenvalue weighted by molar-refractivity contribution is 6.21. The first kappa shape index (κ1) is 27.1. The Morgan fingerprint density at radius 3 is 2.22 bits per heavy atom. The molecule has 0 saturated heterocycles. The molecule has 0 amide bonds. The van der Waals surface area contributed by atoms with Gasteiger partial charge in [-0.3, -0.25) is 5.41 Å². The smallest absolute Gasteiger partial charge is 0.160 e. The fourth-order valence-corrected chi connectivity index (χ4v) is 6.13. The van der Waals surface area contributed by atoms with E-state index >= 15 is 0 Å². The molecule has 6 heteroatoms. The maximum absolute atomic E-state index is 9.23. The molecule has 1 N–H and O–H groups in total. The van der Waals surface area contributed by atoms with Crippen molar-refractivity contribution in [2.75, 3.05) is 0 Å². The third kappa shape index (κ3) is 4.68. The van der Waals surface area contributed by atoms with Crippen molar-refractivity contribution in [1.82, 2.24) is 9.58 Å². The van der Waals surface area contributed by atoms with Gasteiger partial charge < -0.3 is 8.98 Å². The normalized spacial score (nSPS) is 11.5. The maximum atomic E-state index is 9.23. The zero-order valence-electron chi connectivity index (χ0n) is 24.8. The average molecular weight is 594 g/mol. The lowest BCUT2D eigenvalue weighted by Gasteiger charge is -2.20. The van der Waals surface area contributed by atoms with Crippen LogP contribution in [-0.4, -0.2) is 21.6 Å². The number of rotatable bonds is 6. The molecular formula is C40H27N5O. The summed E-state index contributed by atoms with van der Waals surface area (Å²) in [6.45, 7) is 0.392. The molecule has 0 saturated carbocycles. The van der Waals surface area contributed by atoms with Gasteiger partial charge in [0, 0.05) is 32.8 Å². The van der Waals surface area contributed by atoms with E-state index < -0.39 is 0 Å². The Labute approximate surface area is 265 Å². The molecule has 2 heterocycles. The number of nitrogens with one attached hydrogen (secondary N) is 1. The van der Waals surface area contributed by atoms with Crippen LogP contribution in [0.1, 0.15) is 22.3 Å². The minimum absolute atomic E-state index is 0.246. The average Bonchev–Trinajstić information content (AvgIpc) is 3.67. The Morgan fingerprint density at radius 2 is 1.43 bits per heavy atom. The first-order chi connectivity index (χ1) is 22.7. The van der Waals surface area contributed by atoms with E-state index in [0.717, 1.165) is 55.2 Å². The lowest BCUT2D eigenvalue weighted by atomic mass is 10.1. The van der Waals surface area contributed by atoms with E-state index in [2.05, 4.69) is 77.4 Å². The molecule has 0 aliphatic carbocycles. The topological polar surface area (TPSA) is 81.3 Å². The summed E-state index contributed by atoms with van der Waals surface area (Å²) < 4.78 is 8.78. The fraction of sp³-hybridized carbons (Fsp3) is 0.0250. The second-order valence-electron chi connectivity index (χ2n) is 11.2. The molecule has 2 aromatic heterocycles. The van der Waals surface area contributed by atoms with Gasteiger partial charge in [-0.1, -0.05) is 84.9 Å². The van der Waals surface area contributed by atoms with Gasteiger partial charge in [-0.15, -0.1) is 0 Å². The Hall–Kier alpha value is -6.45. The number of fused-ring (bicyclic) bond motifs is 7. The van der Waals surface area contributed by atoms with Crippen LogP contribution in [0.4, 0.5) is 0 Å². The number of aromatic nitrogens is 1. The van der Waals surface area contributed by atoms with Gasteiger partial charge in [0.25, 0.3) is 0 Å². The summed E-state index contributed by atoms with van der Waals surface area (Å²) in [5, 5.41) is 29.1. The molecule has 8 rings (SSSR count). The van der Waals surface area contributed by atoms with E-state index in [1.165, 1.54) is 5.39 Å². The molecule has 46 heavy (non-hydrogen) atoms. The van der Waals surface area contributed by atoms with Crippen LogP contribution in [-0.2, 0) is 6.54 Å². The number of furan rings is 1. The highest BCUT2D eigenvalue weighted by Gasteiger charge is 2.19. The number of hydrazone groups is 1. The Morgan fingerprint density at radius 1 is 0.739 bits per heavy atom. The van der Waals surface area contributed by atoms with Crippen LogP contribution in [0.5, 0.6) is 0 Å². The number of hydrogen-bond acceptors (Lipinski definition) is 4. The standard InChI is InChI=1S/C40H27N5O/c41-24-27-14-18-30(19-15-27)40(42)44(43-25-28-8-2-1-3-9-28)26-29-16-20-31(21-17-29)45-36-12-6-4-10-32(36)34-22-23-35-33-11-5-7-13-37(33)46-39(35)38(34)45/h1-23,25,42H,26H2/b42-40?,43-25+. The zero-order valence-corrected chi connectivity index (χ0v) is 24.8. The SMILES string of the molecule is N#Cc1ccc(C(=N)N(Cc2ccc(-n3c4ccccc4c4ccc5c6ccccc6oc5c43)cc2)/N=C/c2ccccc2)cc1. The lowest BCUT2D eigenvalue weighted by molar-refractivity contribution is 0.439. The number of nitriles is 1. The fourth-order valence-electron chi connectivity index (χ4n) is 6.13. The molecule has 0 radical (unpaired) electrons. The molecule has 0 spiro atoms. The Kier molecular flexibility index (Phi) is 6.63. The maximum Gasteiger partial charge on any atom is 0.160 e. The molecule has 218 valence electrons. The molecule has 0 bridgehead atoms. The van der Waals surface area contributed by atoms with Crippen molar-refractivity contribution >= 4 is 55.8 Å². The van der Waals surface area contributed by atoms with E-state index in [4.69, 9.17) is 14.9 Å². The van der Waals surface area contributed by atoms with Gasteiger partial charge in [-0.05, 0) is 65.7 Å². The molecule has 0 aliphatic rings. The molecule has 0 unspecified atom stereocenters. The lowest BCUT2D eigenvalue weighted by Crippen LogP contribution is -2.25. The highest BCUT2D eigenvalue weighted by Crippen LogP contribution is 2.40. The summed E-state index contributed by atoms with van der Waals surface area (Å²) >= 11 is 0. The van der Waals surface area contributed by atoms with Gasteiger partial charge in [0.2, 0.25) is 0 Å². The molecule has 8 aromatic rings. The Bertz CT molecular complexity index is 2460. The van der Waals surface area contributed by atoms with Gasteiger partial charge in [0.1, 0.15) is 11.4 Å². The summed E-state index contributed by atoms with van der Waals surface area (Å²) in [6.07, 6.45) is 1.77. The summed E-state index contributed by atoms with van der Waals surface area (Å²) in [4.78, 5) is 0. The third-order valence-corrected chi connectivity index (χ3v) is 8.40. The van der Waals surface area contributed by atoms with Crippen molar-refractivity contribution in [1.29, 1.82) is 10.7 Å². The molecule has 0 aliphatic heterocycles.